The Balaban J connectivity index is 1.99. The zero-order valence-electron chi connectivity index (χ0n) is 11.3. The number of fused-ring (bicyclic) bond motifs is 2. The van der Waals surface area contributed by atoms with Crippen molar-refractivity contribution in [3.05, 3.63) is 53.7 Å². The molecule has 0 saturated carbocycles. The Kier molecular flexibility index (Phi) is 2.60. The second-order valence-corrected chi connectivity index (χ2v) is 5.49. The van der Waals surface area contributed by atoms with Gasteiger partial charge in [-0.3, -0.25) is 5.10 Å². The summed E-state index contributed by atoms with van der Waals surface area (Å²) in [4.78, 5) is 0. The molecule has 1 aliphatic rings. The minimum atomic E-state index is 0.103. The Bertz CT molecular complexity index is 768. The molecule has 1 unspecified atom stereocenters. The largest absolute Gasteiger partial charge is 0.324 e. The summed E-state index contributed by atoms with van der Waals surface area (Å²) in [5.74, 6) is 0. The highest BCUT2D eigenvalue weighted by Gasteiger charge is 2.24. The zero-order chi connectivity index (χ0) is 13.5. The molecule has 2 aromatic carbocycles. The van der Waals surface area contributed by atoms with E-state index in [0.29, 0.717) is 0 Å². The lowest BCUT2D eigenvalue weighted by Crippen LogP contribution is -2.17. The number of rotatable bonds is 1. The van der Waals surface area contributed by atoms with Crippen molar-refractivity contribution in [2.45, 2.75) is 25.3 Å². The van der Waals surface area contributed by atoms with Crippen molar-refractivity contribution in [1.29, 1.82) is 0 Å². The molecule has 100 valence electrons. The van der Waals surface area contributed by atoms with Gasteiger partial charge in [0.15, 0.2) is 0 Å². The van der Waals surface area contributed by atoms with Gasteiger partial charge in [-0.25, -0.2) is 0 Å². The summed E-state index contributed by atoms with van der Waals surface area (Å²) in [5, 5.41) is 10.2. The molecule has 1 atom stereocenters. The average Bonchev–Trinajstić information content (AvgIpc) is 2.92. The standard InChI is InChI=1S/C17H17N3/c18-14-9-4-10-15-16(14)17(20-19-15)13-8-3-6-11-5-1-2-7-12(11)13/h1-3,5-8,14H,4,9-10,18H2,(H,19,20). The summed E-state index contributed by atoms with van der Waals surface area (Å²) in [7, 11) is 0. The van der Waals surface area contributed by atoms with Gasteiger partial charge in [-0.05, 0) is 30.0 Å². The Labute approximate surface area is 117 Å². The lowest BCUT2D eigenvalue weighted by molar-refractivity contribution is 0.567. The molecule has 0 saturated heterocycles. The molecule has 0 bridgehead atoms. The van der Waals surface area contributed by atoms with Crippen molar-refractivity contribution in [2.24, 2.45) is 5.73 Å². The van der Waals surface area contributed by atoms with Crippen LogP contribution in [-0.4, -0.2) is 10.2 Å². The van der Waals surface area contributed by atoms with Crippen molar-refractivity contribution < 1.29 is 0 Å². The quantitative estimate of drug-likeness (QED) is 0.705. The molecule has 0 amide bonds. The van der Waals surface area contributed by atoms with Crippen molar-refractivity contribution in [3.8, 4) is 11.3 Å². The third kappa shape index (κ3) is 1.67. The molecule has 0 fully saturated rings. The molecule has 3 nitrogen and oxygen atoms in total. The molecule has 0 radical (unpaired) electrons. The summed E-state index contributed by atoms with van der Waals surface area (Å²) < 4.78 is 0. The van der Waals surface area contributed by atoms with Crippen molar-refractivity contribution in [1.82, 2.24) is 10.2 Å². The molecule has 1 heterocycles. The molecule has 0 aliphatic heterocycles. The minimum absolute atomic E-state index is 0.103. The number of nitrogens with two attached hydrogens (primary N) is 1. The van der Waals surface area contributed by atoms with Gasteiger partial charge in [0.05, 0.1) is 5.69 Å². The van der Waals surface area contributed by atoms with Crippen molar-refractivity contribution in [3.63, 3.8) is 0 Å². The number of hydrogen-bond donors (Lipinski definition) is 2. The third-order valence-corrected chi connectivity index (χ3v) is 4.24. The summed E-state index contributed by atoms with van der Waals surface area (Å²) in [6.07, 6.45) is 3.25. The fourth-order valence-electron chi connectivity index (χ4n) is 3.26. The number of aromatic amines is 1. The van der Waals surface area contributed by atoms with Gasteiger partial charge in [-0.15, -0.1) is 0 Å². The molecule has 1 aromatic heterocycles. The Morgan fingerprint density at radius 3 is 2.90 bits per heavy atom. The molecule has 3 aromatic rings. The SMILES string of the molecule is NC1CCCc2[nH]nc(-c3cccc4ccccc34)c21. The fraction of sp³-hybridized carbons (Fsp3) is 0.235. The Hall–Kier alpha value is -2.13. The van der Waals surface area contributed by atoms with Crippen molar-refractivity contribution in [2.75, 3.05) is 0 Å². The van der Waals surface area contributed by atoms with E-state index in [1.54, 1.807) is 0 Å². The van der Waals surface area contributed by atoms with Gasteiger partial charge in [0, 0.05) is 22.9 Å². The first-order chi connectivity index (χ1) is 9.84. The van der Waals surface area contributed by atoms with Gasteiger partial charge in [-0.1, -0.05) is 42.5 Å². The van der Waals surface area contributed by atoms with Crippen LogP contribution >= 0.6 is 0 Å². The number of nitrogens with zero attached hydrogens (tertiary/aromatic N) is 1. The zero-order valence-corrected chi connectivity index (χ0v) is 11.3. The lowest BCUT2D eigenvalue weighted by Gasteiger charge is -2.19. The topological polar surface area (TPSA) is 54.7 Å². The second kappa shape index (κ2) is 4.46. The van der Waals surface area contributed by atoms with Gasteiger partial charge in [0.25, 0.3) is 0 Å². The number of aromatic nitrogens is 2. The van der Waals surface area contributed by atoms with Gasteiger partial charge in [0.2, 0.25) is 0 Å². The maximum absolute atomic E-state index is 6.31. The summed E-state index contributed by atoms with van der Waals surface area (Å²) in [6, 6.07) is 14.9. The number of benzene rings is 2. The fourth-order valence-corrected chi connectivity index (χ4v) is 3.26. The van der Waals surface area contributed by atoms with Crippen LogP contribution in [0.15, 0.2) is 42.5 Å². The third-order valence-electron chi connectivity index (χ3n) is 4.24. The van der Waals surface area contributed by atoms with Gasteiger partial charge < -0.3 is 5.73 Å². The van der Waals surface area contributed by atoms with E-state index in [2.05, 4.69) is 52.7 Å². The molecule has 4 rings (SSSR count). The number of aryl methyl sites for hydroxylation is 1. The van der Waals surface area contributed by atoms with Crippen molar-refractivity contribution >= 4 is 10.8 Å². The van der Waals surface area contributed by atoms with Crippen LogP contribution in [0.2, 0.25) is 0 Å². The van der Waals surface area contributed by atoms with Crippen LogP contribution in [-0.2, 0) is 6.42 Å². The van der Waals surface area contributed by atoms with E-state index < -0.39 is 0 Å². The Morgan fingerprint density at radius 1 is 1.10 bits per heavy atom. The van der Waals surface area contributed by atoms with E-state index >= 15 is 0 Å². The van der Waals surface area contributed by atoms with Gasteiger partial charge in [-0.2, -0.15) is 5.10 Å². The average molecular weight is 263 g/mol. The van der Waals surface area contributed by atoms with E-state index in [0.717, 1.165) is 25.0 Å². The van der Waals surface area contributed by atoms with Crippen LogP contribution in [0, 0.1) is 0 Å². The first-order valence-electron chi connectivity index (χ1n) is 7.15. The normalized spacial score (nSPS) is 18.1. The molecular weight excluding hydrogens is 246 g/mol. The van der Waals surface area contributed by atoms with Gasteiger partial charge in [0.1, 0.15) is 0 Å². The number of hydrogen-bond acceptors (Lipinski definition) is 2. The highest BCUT2D eigenvalue weighted by atomic mass is 15.1. The summed E-state index contributed by atoms with van der Waals surface area (Å²) in [6.45, 7) is 0. The van der Waals surface area contributed by atoms with Crippen LogP contribution in [0.3, 0.4) is 0 Å². The molecule has 1 aliphatic carbocycles. The number of nitrogens with one attached hydrogen (secondary N) is 1. The molecular formula is C17H17N3. The minimum Gasteiger partial charge on any atom is -0.324 e. The Morgan fingerprint density at radius 2 is 1.95 bits per heavy atom. The molecule has 20 heavy (non-hydrogen) atoms. The first-order valence-corrected chi connectivity index (χ1v) is 7.15. The lowest BCUT2D eigenvalue weighted by atomic mass is 9.89. The maximum Gasteiger partial charge on any atom is 0.0977 e. The van der Waals surface area contributed by atoms with E-state index in [1.165, 1.54) is 27.6 Å². The second-order valence-electron chi connectivity index (χ2n) is 5.49. The van der Waals surface area contributed by atoms with Gasteiger partial charge >= 0.3 is 0 Å². The van der Waals surface area contributed by atoms with Crippen LogP contribution < -0.4 is 5.73 Å². The van der Waals surface area contributed by atoms with Crippen LogP contribution in [0.4, 0.5) is 0 Å². The van der Waals surface area contributed by atoms with E-state index in [-0.39, 0.29) is 6.04 Å². The summed E-state index contributed by atoms with van der Waals surface area (Å²) in [5.41, 5.74) is 11.0. The number of H-pyrrole nitrogens is 1. The predicted molar refractivity (Wildman–Crippen MR) is 81.4 cm³/mol. The van der Waals surface area contributed by atoms with E-state index in [9.17, 15) is 0 Å². The predicted octanol–water partition coefficient (Wildman–Crippen LogP) is 3.57. The van der Waals surface area contributed by atoms with Crippen LogP contribution in [0.25, 0.3) is 22.0 Å². The monoisotopic (exact) mass is 263 g/mol. The highest BCUT2D eigenvalue weighted by Crippen LogP contribution is 2.37. The summed E-state index contributed by atoms with van der Waals surface area (Å²) >= 11 is 0. The van der Waals surface area contributed by atoms with E-state index in [4.69, 9.17) is 5.73 Å². The smallest absolute Gasteiger partial charge is 0.0977 e. The molecule has 0 spiro atoms. The first kappa shape index (κ1) is 11.7. The van der Waals surface area contributed by atoms with Crippen LogP contribution in [0.5, 0.6) is 0 Å². The maximum atomic E-state index is 6.31. The highest BCUT2D eigenvalue weighted by molar-refractivity contribution is 5.96. The molecule has 3 heteroatoms. The molecule has 3 N–H and O–H groups in total. The van der Waals surface area contributed by atoms with Crippen LogP contribution in [0.1, 0.15) is 30.1 Å². The van der Waals surface area contributed by atoms with E-state index in [1.807, 2.05) is 0 Å².